The number of halogens is 3. The first kappa shape index (κ1) is 21.5. The summed E-state index contributed by atoms with van der Waals surface area (Å²) in [6.45, 7) is 3.25. The van der Waals surface area contributed by atoms with Gasteiger partial charge in [0.2, 0.25) is 0 Å². The van der Waals surface area contributed by atoms with Gasteiger partial charge >= 0.3 is 6.18 Å². The number of fused-ring (bicyclic) bond motifs is 1. The van der Waals surface area contributed by atoms with E-state index in [2.05, 4.69) is 15.3 Å². The first-order valence-corrected chi connectivity index (χ1v) is 10.9. The number of nitrogens with one attached hydrogen (secondary N) is 1. The number of hydrogen-bond acceptors (Lipinski definition) is 4. The zero-order valence-corrected chi connectivity index (χ0v) is 18.1. The van der Waals surface area contributed by atoms with Gasteiger partial charge in [0.05, 0.1) is 10.9 Å². The zero-order valence-electron chi connectivity index (χ0n) is 18.1. The van der Waals surface area contributed by atoms with E-state index in [-0.39, 0.29) is 11.6 Å². The Hall–Kier alpha value is -3.39. The second-order valence-electron chi connectivity index (χ2n) is 8.25. The van der Waals surface area contributed by atoms with Crippen LogP contribution < -0.4 is 5.32 Å². The maximum Gasteiger partial charge on any atom is 0.417 e. The van der Waals surface area contributed by atoms with Gasteiger partial charge in [-0.1, -0.05) is 30.3 Å². The summed E-state index contributed by atoms with van der Waals surface area (Å²) in [6, 6.07) is 13.6. The van der Waals surface area contributed by atoms with Gasteiger partial charge in [0.15, 0.2) is 5.65 Å². The molecule has 1 aliphatic rings. The maximum absolute atomic E-state index is 13.9. The van der Waals surface area contributed by atoms with Gasteiger partial charge < -0.3 is 14.6 Å². The van der Waals surface area contributed by atoms with Crippen molar-refractivity contribution in [2.24, 2.45) is 0 Å². The molecule has 3 heterocycles. The summed E-state index contributed by atoms with van der Waals surface area (Å²) >= 11 is 0. The monoisotopic (exact) mass is 452 g/mol. The van der Waals surface area contributed by atoms with Crippen LogP contribution in [0, 0.1) is 6.92 Å². The van der Waals surface area contributed by atoms with E-state index in [1.54, 1.807) is 12.3 Å². The molecule has 2 aromatic carbocycles. The Bertz CT molecular complexity index is 1290. The van der Waals surface area contributed by atoms with Gasteiger partial charge in [-0.05, 0) is 49.1 Å². The number of alkyl halides is 3. The molecule has 0 unspecified atom stereocenters. The van der Waals surface area contributed by atoms with E-state index >= 15 is 0 Å². The Kier molecular flexibility index (Phi) is 5.54. The summed E-state index contributed by atoms with van der Waals surface area (Å²) < 4.78 is 49.0. The van der Waals surface area contributed by atoms with Crippen LogP contribution in [0.3, 0.4) is 0 Å². The van der Waals surface area contributed by atoms with Crippen LogP contribution in [0.5, 0.6) is 0 Å². The molecule has 0 saturated carbocycles. The molecule has 1 saturated heterocycles. The van der Waals surface area contributed by atoms with Gasteiger partial charge in [0, 0.05) is 36.7 Å². The van der Waals surface area contributed by atoms with E-state index in [1.165, 1.54) is 18.5 Å². The number of aryl methyl sites for hydroxylation is 1. The lowest BCUT2D eigenvalue weighted by molar-refractivity contribution is -0.137. The van der Waals surface area contributed by atoms with E-state index in [0.717, 1.165) is 30.2 Å². The first-order chi connectivity index (χ1) is 15.9. The minimum Gasteiger partial charge on any atom is -0.381 e. The normalized spacial score (nSPS) is 15.2. The van der Waals surface area contributed by atoms with Crippen molar-refractivity contribution in [3.05, 3.63) is 72.2 Å². The third kappa shape index (κ3) is 4.18. The van der Waals surface area contributed by atoms with Crippen molar-refractivity contribution in [3.8, 4) is 16.8 Å². The average Bonchev–Trinajstić information content (AvgIpc) is 3.20. The minimum atomic E-state index is -4.49. The highest BCUT2D eigenvalue weighted by molar-refractivity contribution is 6.02. The van der Waals surface area contributed by atoms with Crippen LogP contribution in [0.25, 0.3) is 27.8 Å². The van der Waals surface area contributed by atoms with Crippen molar-refractivity contribution < 1.29 is 17.9 Å². The van der Waals surface area contributed by atoms with Gasteiger partial charge in [0.1, 0.15) is 12.1 Å². The number of hydrogen-bond donors (Lipinski definition) is 1. The number of nitrogens with zero attached hydrogens (tertiary/aromatic N) is 3. The van der Waals surface area contributed by atoms with Crippen molar-refractivity contribution in [2.75, 3.05) is 18.5 Å². The molecule has 4 aromatic rings. The van der Waals surface area contributed by atoms with Crippen LogP contribution in [0.4, 0.5) is 19.0 Å². The molecule has 1 aliphatic heterocycles. The largest absolute Gasteiger partial charge is 0.417 e. The quantitative estimate of drug-likeness (QED) is 0.412. The van der Waals surface area contributed by atoms with Crippen LogP contribution in [0.1, 0.15) is 24.0 Å². The van der Waals surface area contributed by atoms with Crippen molar-refractivity contribution in [2.45, 2.75) is 32.0 Å². The lowest BCUT2D eigenvalue weighted by atomic mass is 9.99. The Morgan fingerprint density at radius 3 is 2.55 bits per heavy atom. The summed E-state index contributed by atoms with van der Waals surface area (Å²) in [7, 11) is 0. The minimum absolute atomic E-state index is 0.103. The topological polar surface area (TPSA) is 52.0 Å². The summed E-state index contributed by atoms with van der Waals surface area (Å²) in [5.41, 5.74) is 2.28. The molecule has 5 nitrogen and oxygen atoms in total. The highest BCUT2D eigenvalue weighted by Crippen LogP contribution is 2.42. The summed E-state index contributed by atoms with van der Waals surface area (Å²) in [6.07, 6.45) is 0.305. The van der Waals surface area contributed by atoms with Crippen molar-refractivity contribution >= 4 is 16.9 Å². The molecule has 2 aromatic heterocycles. The van der Waals surface area contributed by atoms with Crippen molar-refractivity contribution in [1.29, 1.82) is 0 Å². The standard InChI is InChI=1S/C25H23F3N4O/c1-16-5-4-6-18(13-16)32-14-20(19-7-2-3-8-21(19)25(26,27)28)22-23(29-15-30-24(22)32)31-17-9-11-33-12-10-17/h2-8,13-15,17H,9-12H2,1H3,(H,29,30,31). The second kappa shape index (κ2) is 8.51. The second-order valence-corrected chi connectivity index (χ2v) is 8.25. The Labute approximate surface area is 189 Å². The number of ether oxygens (including phenoxy) is 1. The van der Waals surface area contributed by atoms with Gasteiger partial charge in [-0.25, -0.2) is 9.97 Å². The lowest BCUT2D eigenvalue weighted by Gasteiger charge is -2.24. The highest BCUT2D eigenvalue weighted by atomic mass is 19.4. The summed E-state index contributed by atoms with van der Waals surface area (Å²) in [4.78, 5) is 8.93. The van der Waals surface area contributed by atoms with E-state index in [0.29, 0.717) is 35.6 Å². The molecule has 0 radical (unpaired) electrons. The lowest BCUT2D eigenvalue weighted by Crippen LogP contribution is -2.28. The van der Waals surface area contributed by atoms with E-state index < -0.39 is 11.7 Å². The Morgan fingerprint density at radius 2 is 1.79 bits per heavy atom. The third-order valence-electron chi connectivity index (χ3n) is 5.95. The van der Waals surface area contributed by atoms with Crippen LogP contribution >= 0.6 is 0 Å². The predicted octanol–water partition coefficient (Wildman–Crippen LogP) is 6.01. The molecule has 0 aliphatic carbocycles. The van der Waals surface area contributed by atoms with Gasteiger partial charge in [-0.2, -0.15) is 13.2 Å². The van der Waals surface area contributed by atoms with Crippen LogP contribution in [0.2, 0.25) is 0 Å². The number of aromatic nitrogens is 3. The predicted molar refractivity (Wildman–Crippen MR) is 122 cm³/mol. The summed E-state index contributed by atoms with van der Waals surface area (Å²) in [5, 5.41) is 4.01. The fourth-order valence-electron chi connectivity index (χ4n) is 4.35. The molecule has 0 bridgehead atoms. The number of anilines is 1. The van der Waals surface area contributed by atoms with Gasteiger partial charge in [-0.3, -0.25) is 0 Å². The molecule has 170 valence electrons. The molecule has 0 spiro atoms. The Morgan fingerprint density at radius 1 is 1.00 bits per heavy atom. The molecule has 5 rings (SSSR count). The third-order valence-corrected chi connectivity index (χ3v) is 5.95. The molecular formula is C25H23F3N4O. The van der Waals surface area contributed by atoms with Gasteiger partial charge in [-0.15, -0.1) is 0 Å². The highest BCUT2D eigenvalue weighted by Gasteiger charge is 2.34. The van der Waals surface area contributed by atoms with E-state index in [4.69, 9.17) is 4.74 Å². The molecule has 1 fully saturated rings. The van der Waals surface area contributed by atoms with Crippen LogP contribution in [-0.4, -0.2) is 33.8 Å². The SMILES string of the molecule is Cc1cccc(-n2cc(-c3ccccc3C(F)(F)F)c3c(NC4CCOCC4)ncnc32)c1. The first-order valence-electron chi connectivity index (χ1n) is 10.9. The fourth-order valence-corrected chi connectivity index (χ4v) is 4.35. The van der Waals surface area contributed by atoms with Crippen molar-refractivity contribution in [1.82, 2.24) is 14.5 Å². The van der Waals surface area contributed by atoms with Crippen LogP contribution in [-0.2, 0) is 10.9 Å². The zero-order chi connectivity index (χ0) is 23.0. The molecular weight excluding hydrogens is 429 g/mol. The molecule has 1 N–H and O–H groups in total. The number of benzene rings is 2. The van der Waals surface area contributed by atoms with E-state index in [9.17, 15) is 13.2 Å². The van der Waals surface area contributed by atoms with E-state index in [1.807, 2.05) is 35.8 Å². The molecule has 0 atom stereocenters. The maximum atomic E-state index is 13.9. The van der Waals surface area contributed by atoms with Crippen LogP contribution in [0.15, 0.2) is 61.1 Å². The fraction of sp³-hybridized carbons (Fsp3) is 0.280. The smallest absolute Gasteiger partial charge is 0.381 e. The summed E-state index contributed by atoms with van der Waals surface area (Å²) in [5.74, 6) is 0.533. The number of rotatable bonds is 4. The molecule has 33 heavy (non-hydrogen) atoms. The van der Waals surface area contributed by atoms with Gasteiger partial charge in [0.25, 0.3) is 0 Å². The molecule has 8 heteroatoms. The Balaban J connectivity index is 1.76. The average molecular weight is 452 g/mol. The molecule has 0 amide bonds. The van der Waals surface area contributed by atoms with Crippen molar-refractivity contribution in [3.63, 3.8) is 0 Å².